The van der Waals surface area contributed by atoms with E-state index in [9.17, 15) is 9.59 Å². The van der Waals surface area contributed by atoms with Crippen molar-refractivity contribution < 1.29 is 27.7 Å². The zero-order valence-corrected chi connectivity index (χ0v) is 11.8. The van der Waals surface area contributed by atoms with Crippen molar-refractivity contribution in [3.63, 3.8) is 0 Å². The Morgan fingerprint density at radius 3 is 2.19 bits per heavy atom. The number of amides is 1. The fourth-order valence-corrected chi connectivity index (χ4v) is 1.06. The van der Waals surface area contributed by atoms with E-state index in [0.29, 0.717) is 17.5 Å². The predicted octanol–water partition coefficient (Wildman–Crippen LogP) is 0.537. The number of hydrogen-bond acceptors (Lipinski definition) is 6. The molecular formula is C11H13N3O6S. The van der Waals surface area contributed by atoms with Crippen LogP contribution in [0.1, 0.15) is 16.8 Å². The summed E-state index contributed by atoms with van der Waals surface area (Å²) in [6, 6.07) is 5.94. The summed E-state index contributed by atoms with van der Waals surface area (Å²) in [7, 11) is -3.92. The molecule has 0 aliphatic rings. The quantitative estimate of drug-likeness (QED) is 0.607. The van der Waals surface area contributed by atoms with E-state index in [2.05, 4.69) is 10.3 Å². The molecule has 2 N–H and O–H groups in total. The maximum absolute atomic E-state index is 11.4. The second-order valence-corrected chi connectivity index (χ2v) is 5.16. The van der Waals surface area contributed by atoms with Crippen molar-refractivity contribution in [1.29, 1.82) is 5.39 Å². The highest BCUT2D eigenvalue weighted by atomic mass is 32.2. The van der Waals surface area contributed by atoms with Gasteiger partial charge in [-0.25, -0.2) is 8.42 Å². The standard InChI is InChI=1S/C10H9N3O3.CH4O3S/c11-13-8-3-1-7(2-4-8)10(16)12-6-5-9(14)15;1-5(2,3)4/h1-4H,5-6H2,(H-,12,14,15,16);1H3,(H,2,3,4). The van der Waals surface area contributed by atoms with Gasteiger partial charge in [-0.1, -0.05) is 0 Å². The monoisotopic (exact) mass is 315 g/mol. The van der Waals surface area contributed by atoms with E-state index < -0.39 is 16.1 Å². The molecule has 0 aromatic heterocycles. The average Bonchev–Trinajstić information content (AvgIpc) is 2.36. The fraction of sp³-hybridized carbons (Fsp3) is 0.273. The predicted molar refractivity (Wildman–Crippen MR) is 71.4 cm³/mol. The Labute approximate surface area is 121 Å². The number of carboxylic acids is 1. The lowest BCUT2D eigenvalue weighted by molar-refractivity contribution is -0.136. The number of benzene rings is 1. The van der Waals surface area contributed by atoms with Gasteiger partial charge in [0.05, 0.1) is 16.5 Å². The minimum atomic E-state index is -3.92. The number of hydrogen-bond donors (Lipinski definition) is 2. The molecule has 0 aliphatic carbocycles. The zero-order chi connectivity index (χ0) is 16.5. The first kappa shape index (κ1) is 18.5. The highest BCUT2D eigenvalue weighted by Crippen LogP contribution is 2.12. The summed E-state index contributed by atoms with van der Waals surface area (Å²) in [6.07, 6.45) is 0.489. The summed E-state index contributed by atoms with van der Waals surface area (Å²) < 4.78 is 27.2. The van der Waals surface area contributed by atoms with Crippen molar-refractivity contribution >= 4 is 27.7 Å². The Bertz CT molecular complexity index is 625. The Morgan fingerprint density at radius 1 is 1.33 bits per heavy atom. The lowest BCUT2D eigenvalue weighted by atomic mass is 10.2. The highest BCUT2D eigenvalue weighted by Gasteiger charge is 2.08. The molecule has 9 nitrogen and oxygen atoms in total. The largest absolute Gasteiger partial charge is 0.748 e. The third-order valence-electron chi connectivity index (χ3n) is 1.87. The van der Waals surface area contributed by atoms with E-state index in [0.717, 1.165) is 0 Å². The smallest absolute Gasteiger partial charge is 0.385 e. The van der Waals surface area contributed by atoms with Crippen molar-refractivity contribution in [2.75, 3.05) is 12.8 Å². The fourth-order valence-electron chi connectivity index (χ4n) is 1.06. The third kappa shape index (κ3) is 11.0. The Kier molecular flexibility index (Phi) is 7.59. The Hall–Kier alpha value is -2.51. The van der Waals surface area contributed by atoms with Crippen LogP contribution in [0.4, 0.5) is 5.69 Å². The van der Waals surface area contributed by atoms with E-state index in [-0.39, 0.29) is 18.9 Å². The summed E-state index contributed by atoms with van der Waals surface area (Å²) in [4.78, 5) is 24.6. The molecule has 21 heavy (non-hydrogen) atoms. The van der Waals surface area contributed by atoms with Crippen molar-refractivity contribution in [1.82, 2.24) is 5.32 Å². The summed E-state index contributed by atoms with van der Waals surface area (Å²) in [6.45, 7) is 0.0836. The molecule has 1 aromatic rings. The molecule has 0 atom stereocenters. The maximum atomic E-state index is 11.4. The number of carboxylic acid groups (broad SMARTS) is 1. The van der Waals surface area contributed by atoms with Crippen LogP contribution in [0, 0.1) is 5.39 Å². The van der Waals surface area contributed by atoms with Crippen LogP contribution >= 0.6 is 0 Å². The zero-order valence-electron chi connectivity index (χ0n) is 11.0. The molecule has 0 fully saturated rings. The summed E-state index contributed by atoms with van der Waals surface area (Å²) in [5.74, 6) is -1.32. The van der Waals surface area contributed by atoms with E-state index >= 15 is 0 Å². The molecule has 114 valence electrons. The molecule has 10 heteroatoms. The van der Waals surface area contributed by atoms with E-state index in [1.54, 1.807) is 0 Å². The van der Waals surface area contributed by atoms with E-state index in [4.69, 9.17) is 23.5 Å². The van der Waals surface area contributed by atoms with E-state index in [1.165, 1.54) is 24.3 Å². The number of aliphatic carboxylic acids is 1. The topological polar surface area (TPSA) is 152 Å². The molecule has 0 saturated heterocycles. The second kappa shape index (κ2) is 8.62. The summed E-state index contributed by atoms with van der Waals surface area (Å²) in [5.41, 5.74) is 0.736. The molecule has 1 amide bonds. The minimum Gasteiger partial charge on any atom is -0.748 e. The van der Waals surface area contributed by atoms with Crippen molar-refractivity contribution in [2.45, 2.75) is 6.42 Å². The van der Waals surface area contributed by atoms with Crippen LogP contribution in [0.5, 0.6) is 0 Å². The van der Waals surface area contributed by atoms with Crippen LogP contribution in [0.15, 0.2) is 24.3 Å². The van der Waals surface area contributed by atoms with Crippen LogP contribution in [0.2, 0.25) is 0 Å². The third-order valence-corrected chi connectivity index (χ3v) is 1.87. The van der Waals surface area contributed by atoms with Gasteiger partial charge in [0.1, 0.15) is 0 Å². The summed E-state index contributed by atoms with van der Waals surface area (Å²) >= 11 is 0. The molecular weight excluding hydrogens is 302 g/mol. The Morgan fingerprint density at radius 2 is 1.81 bits per heavy atom. The molecule has 0 saturated carbocycles. The van der Waals surface area contributed by atoms with Crippen LogP contribution in [0.25, 0.3) is 4.98 Å². The number of nitrogens with one attached hydrogen (secondary N) is 1. The number of diazo groups is 1. The van der Waals surface area contributed by atoms with Crippen LogP contribution < -0.4 is 5.32 Å². The highest BCUT2D eigenvalue weighted by molar-refractivity contribution is 7.84. The van der Waals surface area contributed by atoms with Crippen molar-refractivity contribution in [3.8, 4) is 0 Å². The van der Waals surface area contributed by atoms with Gasteiger partial charge in [-0.2, -0.15) is 0 Å². The van der Waals surface area contributed by atoms with Crippen LogP contribution in [-0.2, 0) is 14.9 Å². The van der Waals surface area contributed by atoms with Gasteiger partial charge in [0.2, 0.25) is 5.39 Å². The molecule has 0 heterocycles. The van der Waals surface area contributed by atoms with Gasteiger partial charge >= 0.3 is 11.7 Å². The second-order valence-electron chi connectivity index (χ2n) is 3.75. The van der Waals surface area contributed by atoms with Gasteiger partial charge < -0.3 is 15.0 Å². The lowest BCUT2D eigenvalue weighted by Gasteiger charge is -2.01. The van der Waals surface area contributed by atoms with Gasteiger partial charge in [-0.05, 0) is 12.1 Å². The SMILES string of the molecule is CS(=O)(=O)[O-].N#[N+]c1ccc(C(=O)NCCC(=O)O)cc1. The minimum absolute atomic E-state index is 0.0836. The van der Waals surface area contributed by atoms with Gasteiger partial charge in [0.25, 0.3) is 5.91 Å². The number of carbonyl (C=O) groups is 2. The van der Waals surface area contributed by atoms with Crippen molar-refractivity contribution in [2.24, 2.45) is 0 Å². The van der Waals surface area contributed by atoms with Gasteiger partial charge in [0.15, 0.2) is 4.98 Å². The summed E-state index contributed by atoms with van der Waals surface area (Å²) in [5, 5.41) is 19.3. The molecule has 0 radical (unpaired) electrons. The van der Waals surface area contributed by atoms with E-state index in [1.807, 2.05) is 0 Å². The van der Waals surface area contributed by atoms with Crippen LogP contribution in [-0.4, -0.2) is 42.8 Å². The molecule has 0 bridgehead atoms. The van der Waals surface area contributed by atoms with Crippen LogP contribution in [0.3, 0.4) is 0 Å². The lowest BCUT2D eigenvalue weighted by Crippen LogP contribution is -2.25. The number of rotatable bonds is 4. The average molecular weight is 315 g/mol. The first-order valence-corrected chi connectivity index (χ1v) is 7.31. The van der Waals surface area contributed by atoms with Gasteiger partial charge in [0, 0.05) is 30.5 Å². The molecule has 0 spiro atoms. The molecule has 1 aromatic carbocycles. The Balaban J connectivity index is 0.000000690. The van der Waals surface area contributed by atoms with Gasteiger partial charge in [-0.3, -0.25) is 9.59 Å². The molecule has 0 unspecified atom stereocenters. The number of carbonyl (C=O) groups excluding carboxylic acids is 1. The molecule has 1 rings (SSSR count). The maximum Gasteiger partial charge on any atom is 0.385 e. The first-order valence-electron chi connectivity index (χ1n) is 5.49. The number of nitrogens with zero attached hydrogens (tertiary/aromatic N) is 2. The molecule has 0 aliphatic heterocycles. The van der Waals surface area contributed by atoms with Gasteiger partial charge in [-0.15, -0.1) is 0 Å². The van der Waals surface area contributed by atoms with Crippen molar-refractivity contribution in [3.05, 3.63) is 34.8 Å². The normalized spacial score (nSPS) is 9.76. The first-order chi connectivity index (χ1) is 9.63.